The lowest BCUT2D eigenvalue weighted by Gasteiger charge is -2.15. The normalized spacial score (nSPS) is 11.9. The van der Waals surface area contributed by atoms with Gasteiger partial charge in [0.15, 0.2) is 6.61 Å². The first kappa shape index (κ1) is 16.0. The molecule has 0 bridgehead atoms. The van der Waals surface area contributed by atoms with Crippen molar-refractivity contribution in [3.8, 4) is 5.75 Å². The van der Waals surface area contributed by atoms with Crippen LogP contribution in [0.5, 0.6) is 5.75 Å². The van der Waals surface area contributed by atoms with Crippen molar-refractivity contribution >= 4 is 16.7 Å². The van der Waals surface area contributed by atoms with E-state index in [2.05, 4.69) is 5.32 Å². The van der Waals surface area contributed by atoms with Gasteiger partial charge < -0.3 is 10.1 Å². The van der Waals surface area contributed by atoms with Crippen molar-refractivity contribution in [2.24, 2.45) is 0 Å². The van der Waals surface area contributed by atoms with Gasteiger partial charge in [0.05, 0.1) is 6.04 Å². The van der Waals surface area contributed by atoms with Crippen LogP contribution >= 0.6 is 0 Å². The molecule has 3 aromatic rings. The molecular formula is C20H18FNO2. The Hall–Kier alpha value is -2.88. The summed E-state index contributed by atoms with van der Waals surface area (Å²) >= 11 is 0. The zero-order valence-corrected chi connectivity index (χ0v) is 13.3. The summed E-state index contributed by atoms with van der Waals surface area (Å²) in [6, 6.07) is 19.5. The van der Waals surface area contributed by atoms with Gasteiger partial charge in [-0.15, -0.1) is 0 Å². The second kappa shape index (κ2) is 7.13. The molecule has 0 aliphatic heterocycles. The standard InChI is InChI=1S/C20H18FNO2/c1-14(15-6-9-18(21)10-7-15)22-20(23)13-24-19-11-8-16-4-2-3-5-17(16)12-19/h2-12,14H,13H2,1H3,(H,22,23)/t14-/m1/s1. The number of fused-ring (bicyclic) bond motifs is 1. The summed E-state index contributed by atoms with van der Waals surface area (Å²) < 4.78 is 18.5. The van der Waals surface area contributed by atoms with E-state index in [4.69, 9.17) is 4.74 Å². The van der Waals surface area contributed by atoms with Gasteiger partial charge in [-0.05, 0) is 47.5 Å². The smallest absolute Gasteiger partial charge is 0.258 e. The zero-order valence-electron chi connectivity index (χ0n) is 13.3. The minimum absolute atomic E-state index is 0.0656. The maximum absolute atomic E-state index is 12.9. The van der Waals surface area contributed by atoms with Gasteiger partial charge in [0, 0.05) is 0 Å². The average molecular weight is 323 g/mol. The Labute approximate surface area is 140 Å². The Morgan fingerprint density at radius 3 is 2.50 bits per heavy atom. The molecule has 0 aliphatic carbocycles. The van der Waals surface area contributed by atoms with Gasteiger partial charge in [-0.1, -0.05) is 42.5 Å². The Kier molecular flexibility index (Phi) is 4.75. The fourth-order valence-corrected chi connectivity index (χ4v) is 2.52. The van der Waals surface area contributed by atoms with Crippen molar-refractivity contribution in [1.82, 2.24) is 5.32 Å². The van der Waals surface area contributed by atoms with Crippen LogP contribution in [0.1, 0.15) is 18.5 Å². The van der Waals surface area contributed by atoms with E-state index in [9.17, 15) is 9.18 Å². The maximum atomic E-state index is 12.9. The lowest BCUT2D eigenvalue weighted by molar-refractivity contribution is -0.123. The molecule has 0 fully saturated rings. The predicted molar refractivity (Wildman–Crippen MR) is 92.4 cm³/mol. The highest BCUT2D eigenvalue weighted by atomic mass is 19.1. The first-order valence-corrected chi connectivity index (χ1v) is 7.78. The van der Waals surface area contributed by atoms with Crippen LogP contribution in [0.2, 0.25) is 0 Å². The monoisotopic (exact) mass is 323 g/mol. The second-order valence-corrected chi connectivity index (χ2v) is 5.64. The SMILES string of the molecule is C[C@@H](NC(=O)COc1ccc2ccccc2c1)c1ccc(F)cc1. The number of amides is 1. The largest absolute Gasteiger partial charge is 0.484 e. The molecule has 0 spiro atoms. The van der Waals surface area contributed by atoms with Crippen molar-refractivity contribution < 1.29 is 13.9 Å². The number of ether oxygens (including phenoxy) is 1. The molecule has 0 radical (unpaired) electrons. The lowest BCUT2D eigenvalue weighted by Crippen LogP contribution is -2.31. The quantitative estimate of drug-likeness (QED) is 0.763. The fourth-order valence-electron chi connectivity index (χ4n) is 2.52. The number of nitrogens with one attached hydrogen (secondary N) is 1. The van der Waals surface area contributed by atoms with E-state index < -0.39 is 0 Å². The molecule has 0 unspecified atom stereocenters. The van der Waals surface area contributed by atoms with Crippen molar-refractivity contribution in [3.63, 3.8) is 0 Å². The topological polar surface area (TPSA) is 38.3 Å². The van der Waals surface area contributed by atoms with Crippen LogP contribution in [0.3, 0.4) is 0 Å². The Bertz CT molecular complexity index is 846. The van der Waals surface area contributed by atoms with Gasteiger partial charge in [0.25, 0.3) is 5.91 Å². The number of halogens is 1. The minimum atomic E-state index is -0.295. The predicted octanol–water partition coefficient (Wildman–Crippen LogP) is 4.24. The van der Waals surface area contributed by atoms with E-state index in [-0.39, 0.29) is 24.4 Å². The number of rotatable bonds is 5. The number of hydrogen-bond donors (Lipinski definition) is 1. The van der Waals surface area contributed by atoms with Crippen molar-refractivity contribution in [3.05, 3.63) is 78.1 Å². The zero-order chi connectivity index (χ0) is 16.9. The van der Waals surface area contributed by atoms with E-state index in [1.807, 2.05) is 49.4 Å². The minimum Gasteiger partial charge on any atom is -0.484 e. The molecular weight excluding hydrogens is 305 g/mol. The highest BCUT2D eigenvalue weighted by Gasteiger charge is 2.10. The van der Waals surface area contributed by atoms with Crippen molar-refractivity contribution in [1.29, 1.82) is 0 Å². The molecule has 0 heterocycles. The van der Waals surface area contributed by atoms with Crippen molar-refractivity contribution in [2.75, 3.05) is 6.61 Å². The molecule has 1 atom stereocenters. The molecule has 3 rings (SSSR count). The molecule has 0 aliphatic rings. The van der Waals surface area contributed by atoms with Crippen LogP contribution in [-0.2, 0) is 4.79 Å². The molecule has 122 valence electrons. The second-order valence-electron chi connectivity index (χ2n) is 5.64. The Balaban J connectivity index is 1.57. The van der Waals surface area contributed by atoms with Gasteiger partial charge in [-0.3, -0.25) is 4.79 Å². The van der Waals surface area contributed by atoms with E-state index in [1.165, 1.54) is 12.1 Å². The van der Waals surface area contributed by atoms with E-state index in [0.717, 1.165) is 16.3 Å². The summed E-state index contributed by atoms with van der Waals surface area (Å²) in [7, 11) is 0. The fraction of sp³-hybridized carbons (Fsp3) is 0.150. The summed E-state index contributed by atoms with van der Waals surface area (Å²) in [5.41, 5.74) is 0.843. The number of benzene rings is 3. The van der Waals surface area contributed by atoms with Crippen LogP contribution < -0.4 is 10.1 Å². The van der Waals surface area contributed by atoms with E-state index in [1.54, 1.807) is 12.1 Å². The lowest BCUT2D eigenvalue weighted by atomic mass is 10.1. The van der Waals surface area contributed by atoms with Crippen LogP contribution in [0.15, 0.2) is 66.7 Å². The average Bonchev–Trinajstić information content (AvgIpc) is 2.60. The van der Waals surface area contributed by atoms with Crippen LogP contribution in [0.4, 0.5) is 4.39 Å². The number of carbonyl (C=O) groups is 1. The molecule has 0 saturated carbocycles. The molecule has 0 aromatic heterocycles. The van der Waals surface area contributed by atoms with Crippen LogP contribution in [-0.4, -0.2) is 12.5 Å². The first-order chi connectivity index (χ1) is 11.6. The van der Waals surface area contributed by atoms with Crippen LogP contribution in [0.25, 0.3) is 10.8 Å². The van der Waals surface area contributed by atoms with E-state index in [0.29, 0.717) is 5.75 Å². The number of carbonyl (C=O) groups excluding carboxylic acids is 1. The highest BCUT2D eigenvalue weighted by Crippen LogP contribution is 2.20. The third-order valence-electron chi connectivity index (χ3n) is 3.84. The molecule has 1 N–H and O–H groups in total. The first-order valence-electron chi connectivity index (χ1n) is 7.78. The summed E-state index contributed by atoms with van der Waals surface area (Å²) in [5, 5.41) is 5.03. The molecule has 1 amide bonds. The van der Waals surface area contributed by atoms with Crippen molar-refractivity contribution in [2.45, 2.75) is 13.0 Å². The molecule has 3 aromatic carbocycles. The maximum Gasteiger partial charge on any atom is 0.258 e. The van der Waals surface area contributed by atoms with Gasteiger partial charge >= 0.3 is 0 Å². The summed E-state index contributed by atoms with van der Waals surface area (Å²) in [5.74, 6) is 0.134. The van der Waals surface area contributed by atoms with Gasteiger partial charge in [0.2, 0.25) is 0 Å². The van der Waals surface area contributed by atoms with Gasteiger partial charge in [0.1, 0.15) is 11.6 Å². The third kappa shape index (κ3) is 3.90. The summed E-state index contributed by atoms with van der Waals surface area (Å²) in [6.45, 7) is 1.78. The summed E-state index contributed by atoms with van der Waals surface area (Å²) in [4.78, 5) is 12.0. The Morgan fingerprint density at radius 1 is 1.04 bits per heavy atom. The van der Waals surface area contributed by atoms with Gasteiger partial charge in [-0.25, -0.2) is 4.39 Å². The van der Waals surface area contributed by atoms with Gasteiger partial charge in [-0.2, -0.15) is 0 Å². The van der Waals surface area contributed by atoms with E-state index >= 15 is 0 Å². The number of hydrogen-bond acceptors (Lipinski definition) is 2. The van der Waals surface area contributed by atoms with Crippen LogP contribution in [0, 0.1) is 5.82 Å². The Morgan fingerprint density at radius 2 is 1.75 bits per heavy atom. The molecule has 24 heavy (non-hydrogen) atoms. The molecule has 3 nitrogen and oxygen atoms in total. The highest BCUT2D eigenvalue weighted by molar-refractivity contribution is 5.84. The molecule has 4 heteroatoms. The molecule has 0 saturated heterocycles. The summed E-state index contributed by atoms with van der Waals surface area (Å²) in [6.07, 6.45) is 0. The third-order valence-corrected chi connectivity index (χ3v) is 3.84.